The predicted octanol–water partition coefficient (Wildman–Crippen LogP) is 3.28. The molecule has 2 rings (SSSR count). The largest absolute Gasteiger partial charge is 0.351 e. The van der Waals surface area contributed by atoms with Crippen LogP contribution in [-0.4, -0.2) is 14.4 Å². The molecular formula is C13H11Cl2N3O3S. The smallest absolute Gasteiger partial charge is 0.316 e. The summed E-state index contributed by atoms with van der Waals surface area (Å²) in [6, 6.07) is 9.30. The van der Waals surface area contributed by atoms with Crippen LogP contribution in [0, 0.1) is 0 Å². The number of hydrogen-bond donors (Lipinski definition) is 3. The number of sulfonamides is 1. The van der Waals surface area contributed by atoms with Crippen molar-refractivity contribution in [2.75, 3.05) is 10.0 Å². The first kappa shape index (κ1) is 16.4. The Morgan fingerprint density at radius 2 is 1.55 bits per heavy atom. The maximum Gasteiger partial charge on any atom is 0.316 e. The molecule has 22 heavy (non-hydrogen) atoms. The Morgan fingerprint density at radius 1 is 0.955 bits per heavy atom. The minimum atomic E-state index is -3.79. The molecular weight excluding hydrogens is 349 g/mol. The Kier molecular flexibility index (Phi) is 4.80. The van der Waals surface area contributed by atoms with Gasteiger partial charge in [-0.1, -0.05) is 23.2 Å². The standard InChI is InChI=1S/C13H11Cl2N3O3S/c14-11-6-5-10(7-12(11)15)22(20,21)18-9-3-1-8(2-4-9)17-13(16)19/h1-7,18H,(H3,16,17,19). The molecule has 6 nitrogen and oxygen atoms in total. The van der Waals surface area contributed by atoms with Crippen molar-refractivity contribution in [2.45, 2.75) is 4.90 Å². The summed E-state index contributed by atoms with van der Waals surface area (Å²) < 4.78 is 26.8. The van der Waals surface area contributed by atoms with Crippen LogP contribution in [0.2, 0.25) is 10.0 Å². The molecule has 0 aromatic heterocycles. The molecule has 0 radical (unpaired) electrons. The lowest BCUT2D eigenvalue weighted by Crippen LogP contribution is -2.19. The van der Waals surface area contributed by atoms with Crippen LogP contribution in [0.3, 0.4) is 0 Å². The van der Waals surface area contributed by atoms with E-state index in [9.17, 15) is 13.2 Å². The average Bonchev–Trinajstić information content (AvgIpc) is 2.43. The maximum absolute atomic E-state index is 12.2. The van der Waals surface area contributed by atoms with E-state index < -0.39 is 16.1 Å². The van der Waals surface area contributed by atoms with Gasteiger partial charge >= 0.3 is 6.03 Å². The summed E-state index contributed by atoms with van der Waals surface area (Å²) in [7, 11) is -3.79. The Hall–Kier alpha value is -1.96. The second kappa shape index (κ2) is 6.43. The molecule has 0 saturated heterocycles. The van der Waals surface area contributed by atoms with Crippen molar-refractivity contribution in [3.8, 4) is 0 Å². The van der Waals surface area contributed by atoms with E-state index in [-0.39, 0.29) is 14.9 Å². The van der Waals surface area contributed by atoms with Gasteiger partial charge in [-0.3, -0.25) is 4.72 Å². The van der Waals surface area contributed by atoms with Crippen LogP contribution < -0.4 is 15.8 Å². The Morgan fingerprint density at radius 3 is 2.09 bits per heavy atom. The highest BCUT2D eigenvalue weighted by Gasteiger charge is 2.15. The molecule has 116 valence electrons. The van der Waals surface area contributed by atoms with E-state index in [1.165, 1.54) is 42.5 Å². The highest BCUT2D eigenvalue weighted by molar-refractivity contribution is 7.92. The van der Waals surface area contributed by atoms with Crippen molar-refractivity contribution < 1.29 is 13.2 Å². The summed E-state index contributed by atoms with van der Waals surface area (Å²) in [5.74, 6) is 0. The molecule has 0 bridgehead atoms. The molecule has 0 unspecified atom stereocenters. The average molecular weight is 360 g/mol. The Balaban J connectivity index is 2.21. The lowest BCUT2D eigenvalue weighted by atomic mass is 10.3. The SMILES string of the molecule is NC(=O)Nc1ccc(NS(=O)(=O)c2ccc(Cl)c(Cl)c2)cc1. The minimum absolute atomic E-state index is 0.0127. The number of urea groups is 1. The number of primary amides is 1. The van der Waals surface area contributed by atoms with E-state index in [1.54, 1.807) is 0 Å². The normalized spacial score (nSPS) is 11.0. The van der Waals surface area contributed by atoms with Crippen molar-refractivity contribution in [1.29, 1.82) is 0 Å². The highest BCUT2D eigenvalue weighted by Crippen LogP contribution is 2.26. The van der Waals surface area contributed by atoms with Crippen molar-refractivity contribution >= 4 is 50.6 Å². The number of carbonyl (C=O) groups is 1. The fourth-order valence-electron chi connectivity index (χ4n) is 1.62. The first-order chi connectivity index (χ1) is 10.3. The number of nitrogens with one attached hydrogen (secondary N) is 2. The fourth-order valence-corrected chi connectivity index (χ4v) is 3.07. The number of hydrogen-bond acceptors (Lipinski definition) is 3. The monoisotopic (exact) mass is 359 g/mol. The molecule has 9 heteroatoms. The molecule has 0 atom stereocenters. The van der Waals surface area contributed by atoms with Gasteiger partial charge < -0.3 is 11.1 Å². The zero-order chi connectivity index (χ0) is 16.3. The molecule has 2 aromatic carbocycles. The Labute approximate surface area is 137 Å². The predicted molar refractivity (Wildman–Crippen MR) is 86.9 cm³/mol. The molecule has 0 aliphatic heterocycles. The van der Waals surface area contributed by atoms with Gasteiger partial charge in [0.1, 0.15) is 0 Å². The van der Waals surface area contributed by atoms with Crippen LogP contribution in [0.5, 0.6) is 0 Å². The third kappa shape index (κ3) is 4.03. The van der Waals surface area contributed by atoms with Gasteiger partial charge in [0.05, 0.1) is 14.9 Å². The fraction of sp³-hybridized carbons (Fsp3) is 0. The summed E-state index contributed by atoms with van der Waals surface area (Å²) in [4.78, 5) is 10.7. The summed E-state index contributed by atoms with van der Waals surface area (Å²) >= 11 is 11.6. The topological polar surface area (TPSA) is 101 Å². The first-order valence-corrected chi connectivity index (χ1v) is 8.16. The number of rotatable bonds is 4. The van der Waals surface area contributed by atoms with Gasteiger partial charge in [0.25, 0.3) is 10.0 Å². The Bertz CT molecular complexity index is 808. The molecule has 2 amide bonds. The number of halogens is 2. The van der Waals surface area contributed by atoms with Gasteiger partial charge in [-0.2, -0.15) is 0 Å². The van der Waals surface area contributed by atoms with Crippen LogP contribution in [-0.2, 0) is 10.0 Å². The molecule has 4 N–H and O–H groups in total. The third-order valence-corrected chi connectivity index (χ3v) is 4.72. The molecule has 0 aliphatic rings. The number of anilines is 2. The van der Waals surface area contributed by atoms with Gasteiger partial charge in [-0.15, -0.1) is 0 Å². The third-order valence-electron chi connectivity index (χ3n) is 2.61. The van der Waals surface area contributed by atoms with Crippen molar-refractivity contribution in [2.24, 2.45) is 5.73 Å². The highest BCUT2D eigenvalue weighted by atomic mass is 35.5. The minimum Gasteiger partial charge on any atom is -0.351 e. The van der Waals surface area contributed by atoms with E-state index in [1.807, 2.05) is 0 Å². The van der Waals surface area contributed by atoms with Crippen LogP contribution >= 0.6 is 23.2 Å². The van der Waals surface area contributed by atoms with Gasteiger partial charge in [-0.05, 0) is 42.5 Å². The zero-order valence-electron chi connectivity index (χ0n) is 11.0. The molecule has 0 saturated carbocycles. The number of nitrogens with two attached hydrogens (primary N) is 1. The molecule has 0 spiro atoms. The number of benzene rings is 2. The molecule has 0 aliphatic carbocycles. The quantitative estimate of drug-likeness (QED) is 0.780. The zero-order valence-corrected chi connectivity index (χ0v) is 13.3. The summed E-state index contributed by atoms with van der Waals surface area (Å²) in [5, 5.41) is 2.78. The van der Waals surface area contributed by atoms with Crippen LogP contribution in [0.15, 0.2) is 47.4 Å². The van der Waals surface area contributed by atoms with E-state index in [0.29, 0.717) is 11.4 Å². The summed E-state index contributed by atoms with van der Waals surface area (Å²) in [6.07, 6.45) is 0. The van der Waals surface area contributed by atoms with Gasteiger partial charge in [0, 0.05) is 11.4 Å². The molecule has 0 heterocycles. The van der Waals surface area contributed by atoms with Crippen LogP contribution in [0.25, 0.3) is 0 Å². The number of amides is 2. The van der Waals surface area contributed by atoms with E-state index in [4.69, 9.17) is 28.9 Å². The lowest BCUT2D eigenvalue weighted by molar-refractivity contribution is 0.259. The molecule has 2 aromatic rings. The number of carbonyl (C=O) groups excluding carboxylic acids is 1. The second-order valence-electron chi connectivity index (χ2n) is 4.25. The van der Waals surface area contributed by atoms with Crippen molar-refractivity contribution in [3.05, 3.63) is 52.5 Å². The van der Waals surface area contributed by atoms with Crippen molar-refractivity contribution in [1.82, 2.24) is 0 Å². The van der Waals surface area contributed by atoms with Crippen molar-refractivity contribution in [3.63, 3.8) is 0 Å². The van der Waals surface area contributed by atoms with Crippen LogP contribution in [0.1, 0.15) is 0 Å². The summed E-state index contributed by atoms with van der Waals surface area (Å²) in [5.41, 5.74) is 5.75. The first-order valence-electron chi connectivity index (χ1n) is 5.92. The van der Waals surface area contributed by atoms with Gasteiger partial charge in [0.15, 0.2) is 0 Å². The molecule has 0 fully saturated rings. The van der Waals surface area contributed by atoms with Gasteiger partial charge in [0.2, 0.25) is 0 Å². The lowest BCUT2D eigenvalue weighted by Gasteiger charge is -2.09. The van der Waals surface area contributed by atoms with E-state index in [2.05, 4.69) is 10.0 Å². The second-order valence-corrected chi connectivity index (χ2v) is 6.74. The maximum atomic E-state index is 12.2. The van der Waals surface area contributed by atoms with E-state index in [0.717, 1.165) is 0 Å². The summed E-state index contributed by atoms with van der Waals surface area (Å²) in [6.45, 7) is 0. The van der Waals surface area contributed by atoms with E-state index >= 15 is 0 Å². The van der Waals surface area contributed by atoms with Gasteiger partial charge in [-0.25, -0.2) is 13.2 Å². The van der Waals surface area contributed by atoms with Crippen LogP contribution in [0.4, 0.5) is 16.2 Å².